The number of aromatic nitrogens is 2. The summed E-state index contributed by atoms with van der Waals surface area (Å²) in [5.74, 6) is -0.00935. The van der Waals surface area contributed by atoms with E-state index < -0.39 is 21.2 Å². The van der Waals surface area contributed by atoms with Crippen LogP contribution in [0.25, 0.3) is 10.8 Å². The number of hydrogen-bond acceptors (Lipinski definition) is 5. The maximum atomic E-state index is 14.1. The van der Waals surface area contributed by atoms with Crippen LogP contribution >= 0.6 is 0 Å². The fraction of sp³-hybridized carbons (Fsp3) is 0.0909. The topological polar surface area (TPSA) is 78.3 Å². The van der Waals surface area contributed by atoms with Crippen LogP contribution in [-0.2, 0) is 16.4 Å². The van der Waals surface area contributed by atoms with E-state index >= 15 is 0 Å². The predicted molar refractivity (Wildman–Crippen MR) is 110 cm³/mol. The van der Waals surface area contributed by atoms with Gasteiger partial charge in [0.1, 0.15) is 11.6 Å². The van der Waals surface area contributed by atoms with E-state index in [1.165, 1.54) is 61.8 Å². The molecule has 6 nitrogen and oxygen atoms in total. The van der Waals surface area contributed by atoms with Crippen LogP contribution in [0.4, 0.5) is 4.39 Å². The van der Waals surface area contributed by atoms with Crippen LogP contribution in [0.3, 0.4) is 0 Å². The van der Waals surface area contributed by atoms with E-state index in [9.17, 15) is 17.6 Å². The van der Waals surface area contributed by atoms with Gasteiger partial charge in [-0.3, -0.25) is 4.79 Å². The van der Waals surface area contributed by atoms with E-state index in [1.54, 1.807) is 18.2 Å². The van der Waals surface area contributed by atoms with Crippen molar-refractivity contribution in [3.63, 3.8) is 0 Å². The van der Waals surface area contributed by atoms with Crippen molar-refractivity contribution >= 4 is 20.6 Å². The second-order valence-corrected chi connectivity index (χ2v) is 8.58. The number of sulfone groups is 1. The van der Waals surface area contributed by atoms with Crippen LogP contribution in [0.15, 0.2) is 87.5 Å². The first-order chi connectivity index (χ1) is 14.4. The molecular weight excluding hydrogens is 407 g/mol. The molecule has 0 unspecified atom stereocenters. The van der Waals surface area contributed by atoms with E-state index in [2.05, 4.69) is 5.10 Å². The highest BCUT2D eigenvalue weighted by molar-refractivity contribution is 7.91. The number of methoxy groups -OCH3 is 1. The Bertz CT molecular complexity index is 1400. The molecular formula is C22H17FN2O4S. The lowest BCUT2D eigenvalue weighted by molar-refractivity contribution is 0.412. The molecule has 0 aliphatic heterocycles. The van der Waals surface area contributed by atoms with Gasteiger partial charge < -0.3 is 4.74 Å². The summed E-state index contributed by atoms with van der Waals surface area (Å²) in [7, 11) is -2.24. The monoisotopic (exact) mass is 424 g/mol. The SMILES string of the molecule is COc1ccc(F)c(Cn2ncc3cc(S(=O)(=O)c4ccccc4)ccc3c2=O)c1. The average molecular weight is 424 g/mol. The molecule has 0 atom stereocenters. The molecule has 1 aromatic heterocycles. The van der Waals surface area contributed by atoms with E-state index in [-0.39, 0.29) is 21.9 Å². The van der Waals surface area contributed by atoms with Gasteiger partial charge in [0.15, 0.2) is 0 Å². The highest BCUT2D eigenvalue weighted by Gasteiger charge is 2.18. The Morgan fingerprint density at radius 1 is 1.00 bits per heavy atom. The van der Waals surface area contributed by atoms with Gasteiger partial charge in [0.25, 0.3) is 5.56 Å². The van der Waals surface area contributed by atoms with Crippen LogP contribution < -0.4 is 10.3 Å². The first kappa shape index (κ1) is 19.8. The van der Waals surface area contributed by atoms with Crippen molar-refractivity contribution in [1.82, 2.24) is 9.78 Å². The molecule has 0 spiro atoms. The van der Waals surface area contributed by atoms with Crippen molar-refractivity contribution in [1.29, 1.82) is 0 Å². The maximum absolute atomic E-state index is 14.1. The fourth-order valence-electron chi connectivity index (χ4n) is 3.14. The van der Waals surface area contributed by atoms with Crippen LogP contribution in [0, 0.1) is 5.82 Å². The van der Waals surface area contributed by atoms with Gasteiger partial charge in [-0.2, -0.15) is 5.10 Å². The molecule has 0 bridgehead atoms. The lowest BCUT2D eigenvalue weighted by Crippen LogP contribution is -2.23. The molecule has 0 amide bonds. The van der Waals surface area contributed by atoms with Crippen molar-refractivity contribution < 1.29 is 17.5 Å². The highest BCUT2D eigenvalue weighted by atomic mass is 32.2. The quantitative estimate of drug-likeness (QED) is 0.491. The summed E-state index contributed by atoms with van der Waals surface area (Å²) in [6, 6.07) is 16.6. The second kappa shape index (κ2) is 7.72. The zero-order valence-electron chi connectivity index (χ0n) is 15.9. The molecule has 0 aliphatic carbocycles. The summed E-state index contributed by atoms with van der Waals surface area (Å²) in [4.78, 5) is 13.1. The molecule has 3 aromatic carbocycles. The summed E-state index contributed by atoms with van der Waals surface area (Å²) in [6.45, 7) is -0.0815. The third-order valence-corrected chi connectivity index (χ3v) is 6.53. The first-order valence-corrected chi connectivity index (χ1v) is 10.5. The first-order valence-electron chi connectivity index (χ1n) is 9.02. The van der Waals surface area contributed by atoms with Crippen LogP contribution in [0.5, 0.6) is 5.75 Å². The summed E-state index contributed by atoms with van der Waals surface area (Å²) in [6.07, 6.45) is 1.40. The Morgan fingerprint density at radius 3 is 2.50 bits per heavy atom. The van der Waals surface area contributed by atoms with Gasteiger partial charge in [-0.1, -0.05) is 18.2 Å². The number of ether oxygens (including phenoxy) is 1. The molecule has 1 heterocycles. The minimum atomic E-state index is -3.72. The Hall–Kier alpha value is -3.52. The molecule has 0 aliphatic rings. The zero-order chi connectivity index (χ0) is 21.3. The van der Waals surface area contributed by atoms with Crippen molar-refractivity contribution in [2.75, 3.05) is 7.11 Å². The molecule has 0 saturated heterocycles. The lowest BCUT2D eigenvalue weighted by Gasteiger charge is -2.10. The third kappa shape index (κ3) is 3.57. The van der Waals surface area contributed by atoms with Crippen molar-refractivity contribution in [3.05, 3.63) is 94.7 Å². The largest absolute Gasteiger partial charge is 0.497 e. The minimum Gasteiger partial charge on any atom is -0.497 e. The normalized spacial score (nSPS) is 11.5. The summed E-state index contributed by atoms with van der Waals surface area (Å²) in [5.41, 5.74) is -0.190. The van der Waals surface area contributed by atoms with Gasteiger partial charge in [0, 0.05) is 10.9 Å². The van der Waals surface area contributed by atoms with Gasteiger partial charge >= 0.3 is 0 Å². The molecule has 4 rings (SSSR count). The van der Waals surface area contributed by atoms with Crippen molar-refractivity contribution in [2.45, 2.75) is 16.3 Å². The minimum absolute atomic E-state index is 0.0685. The molecule has 0 radical (unpaired) electrons. The number of nitrogens with zero attached hydrogens (tertiary/aromatic N) is 2. The highest BCUT2D eigenvalue weighted by Crippen LogP contribution is 2.23. The second-order valence-electron chi connectivity index (χ2n) is 6.63. The number of fused-ring (bicyclic) bond motifs is 1. The van der Waals surface area contributed by atoms with Gasteiger partial charge in [0.2, 0.25) is 9.84 Å². The number of halogens is 1. The summed E-state index contributed by atoms with van der Waals surface area (Å²) < 4.78 is 46.0. The molecule has 0 N–H and O–H groups in total. The summed E-state index contributed by atoms with van der Waals surface area (Å²) >= 11 is 0. The Kier molecular flexibility index (Phi) is 5.09. The van der Waals surface area contributed by atoms with Crippen LogP contribution in [-0.4, -0.2) is 25.3 Å². The van der Waals surface area contributed by atoms with Gasteiger partial charge in [0.05, 0.1) is 35.0 Å². The number of hydrogen-bond donors (Lipinski definition) is 0. The Balaban J connectivity index is 1.75. The van der Waals surface area contributed by atoms with Crippen LogP contribution in [0.1, 0.15) is 5.56 Å². The van der Waals surface area contributed by atoms with E-state index in [4.69, 9.17) is 4.74 Å². The maximum Gasteiger partial charge on any atom is 0.274 e. The van der Waals surface area contributed by atoms with Gasteiger partial charge in [-0.15, -0.1) is 0 Å². The lowest BCUT2D eigenvalue weighted by atomic mass is 10.2. The molecule has 4 aromatic rings. The Labute approximate surface area is 172 Å². The fourth-order valence-corrected chi connectivity index (χ4v) is 4.46. The molecule has 0 fully saturated rings. The zero-order valence-corrected chi connectivity index (χ0v) is 16.8. The van der Waals surface area contributed by atoms with Gasteiger partial charge in [-0.05, 0) is 48.5 Å². The number of rotatable bonds is 5. The average Bonchev–Trinajstić information content (AvgIpc) is 2.77. The van der Waals surface area contributed by atoms with E-state index in [0.717, 1.165) is 4.68 Å². The van der Waals surface area contributed by atoms with Crippen molar-refractivity contribution in [2.24, 2.45) is 0 Å². The third-order valence-electron chi connectivity index (χ3n) is 4.76. The smallest absolute Gasteiger partial charge is 0.274 e. The molecule has 8 heteroatoms. The summed E-state index contributed by atoms with van der Waals surface area (Å²) in [5, 5.41) is 4.78. The predicted octanol–water partition coefficient (Wildman–Crippen LogP) is 3.43. The van der Waals surface area contributed by atoms with Crippen molar-refractivity contribution in [3.8, 4) is 5.75 Å². The van der Waals surface area contributed by atoms with Crippen LogP contribution in [0.2, 0.25) is 0 Å². The molecule has 0 saturated carbocycles. The number of benzene rings is 3. The molecule has 152 valence electrons. The van der Waals surface area contributed by atoms with E-state index in [1.807, 2.05) is 0 Å². The molecule has 30 heavy (non-hydrogen) atoms. The Morgan fingerprint density at radius 2 is 1.77 bits per heavy atom. The van der Waals surface area contributed by atoms with Gasteiger partial charge in [-0.25, -0.2) is 17.5 Å². The van der Waals surface area contributed by atoms with E-state index in [0.29, 0.717) is 16.5 Å². The standard InChI is InChI=1S/C22H17FN2O4S/c1-29-17-7-10-21(23)16(11-17)14-25-22(26)20-9-8-19(12-15(20)13-24-25)30(27,28)18-5-3-2-4-6-18/h2-13H,14H2,1H3.